The molecule has 5 rings (SSSR count). The van der Waals surface area contributed by atoms with Crippen molar-refractivity contribution in [2.45, 2.75) is 37.3 Å². The number of benzene rings is 1. The Morgan fingerprint density at radius 2 is 1.93 bits per heavy atom. The molecule has 1 unspecified atom stereocenters. The van der Waals surface area contributed by atoms with Gasteiger partial charge in [0.15, 0.2) is 14.9 Å². The van der Waals surface area contributed by atoms with Crippen molar-refractivity contribution >= 4 is 38.5 Å². The summed E-state index contributed by atoms with van der Waals surface area (Å²) in [5.41, 5.74) is 3.27. The number of ether oxygens (including phenoxy) is 2. The predicted octanol–water partition coefficient (Wildman–Crippen LogP) is 3.80. The van der Waals surface area contributed by atoms with Crippen molar-refractivity contribution < 1.29 is 32.3 Å². The van der Waals surface area contributed by atoms with Crippen molar-refractivity contribution in [3.63, 3.8) is 0 Å². The number of H-pyrrole nitrogens is 1. The summed E-state index contributed by atoms with van der Waals surface area (Å²) in [7, 11) is -1.70. The number of nitrogens with zero attached hydrogens (tertiary/aromatic N) is 3. The molecule has 2 N–H and O–H groups in total. The van der Waals surface area contributed by atoms with Gasteiger partial charge in [-0.05, 0) is 55.8 Å². The van der Waals surface area contributed by atoms with E-state index in [0.717, 1.165) is 22.7 Å². The van der Waals surface area contributed by atoms with Crippen LogP contribution in [0.3, 0.4) is 0 Å². The molecule has 1 saturated heterocycles. The lowest BCUT2D eigenvalue weighted by Crippen LogP contribution is -2.26. The highest BCUT2D eigenvalue weighted by molar-refractivity contribution is 7.90. The number of fused-ring (bicyclic) bond motifs is 1. The lowest BCUT2D eigenvalue weighted by atomic mass is 10.0. The molecule has 2 amide bonds. The summed E-state index contributed by atoms with van der Waals surface area (Å²) in [5.74, 6) is 0.187. The summed E-state index contributed by atoms with van der Waals surface area (Å²) in [6.45, 7) is 2.17. The summed E-state index contributed by atoms with van der Waals surface area (Å²) in [6.07, 6.45) is 5.04. The Labute approximate surface area is 248 Å². The van der Waals surface area contributed by atoms with Gasteiger partial charge >= 0.3 is 5.97 Å². The first-order valence-electron chi connectivity index (χ1n) is 13.7. The van der Waals surface area contributed by atoms with Crippen LogP contribution < -0.4 is 10.1 Å². The lowest BCUT2D eigenvalue weighted by molar-refractivity contribution is -0.142. The van der Waals surface area contributed by atoms with E-state index in [1.54, 1.807) is 37.1 Å². The van der Waals surface area contributed by atoms with Gasteiger partial charge < -0.3 is 24.7 Å². The third kappa shape index (κ3) is 6.67. The molecule has 0 bridgehead atoms. The summed E-state index contributed by atoms with van der Waals surface area (Å²) in [6, 6.07) is 11.8. The number of pyridine rings is 2. The van der Waals surface area contributed by atoms with Gasteiger partial charge in [0.2, 0.25) is 5.91 Å². The van der Waals surface area contributed by atoms with Crippen LogP contribution in [0.1, 0.15) is 48.1 Å². The number of nitrogens with one attached hydrogen (secondary N) is 2. The van der Waals surface area contributed by atoms with E-state index in [9.17, 15) is 22.8 Å². The molecule has 1 aromatic carbocycles. The molecule has 224 valence electrons. The van der Waals surface area contributed by atoms with Crippen molar-refractivity contribution in [2.24, 2.45) is 0 Å². The molecule has 4 aromatic rings. The van der Waals surface area contributed by atoms with Crippen LogP contribution in [0.15, 0.2) is 59.9 Å². The van der Waals surface area contributed by atoms with Gasteiger partial charge in [-0.2, -0.15) is 0 Å². The normalized spacial score (nSPS) is 15.1. The Bertz CT molecular complexity index is 1780. The third-order valence-electron chi connectivity index (χ3n) is 7.14. The van der Waals surface area contributed by atoms with Gasteiger partial charge in [-0.25, -0.2) is 13.4 Å². The van der Waals surface area contributed by atoms with Crippen LogP contribution >= 0.6 is 0 Å². The van der Waals surface area contributed by atoms with Crippen molar-refractivity contribution in [3.05, 3.63) is 66.0 Å². The largest absolute Gasteiger partial charge is 0.466 e. The Kier molecular flexibility index (Phi) is 8.44. The average molecular weight is 606 g/mol. The summed E-state index contributed by atoms with van der Waals surface area (Å²) >= 11 is 0. The third-order valence-corrected chi connectivity index (χ3v) is 8.14. The van der Waals surface area contributed by atoms with Gasteiger partial charge in [-0.15, -0.1) is 0 Å². The Morgan fingerprint density at radius 1 is 1.12 bits per heavy atom. The van der Waals surface area contributed by atoms with Crippen LogP contribution in [-0.2, 0) is 24.2 Å². The second-order valence-corrected chi connectivity index (χ2v) is 12.1. The summed E-state index contributed by atoms with van der Waals surface area (Å²) < 4.78 is 34.7. The number of likely N-dealkylation sites (tertiary alicyclic amines) is 1. The SMILES string of the molecule is CCOC(=O)CCNC(=O)c1ccc(-c2cc3cc(Oc4ccc(S(C)(=O)=O)nc4)c(C4CCC(=O)N4C)cc3[nH]2)nc1. The zero-order valence-electron chi connectivity index (χ0n) is 23.9. The number of esters is 1. The maximum Gasteiger partial charge on any atom is 0.307 e. The second kappa shape index (κ2) is 12.2. The van der Waals surface area contributed by atoms with Crippen LogP contribution in [0, 0.1) is 0 Å². The molecule has 43 heavy (non-hydrogen) atoms. The molecule has 1 atom stereocenters. The number of aromatic amines is 1. The number of carbonyl (C=O) groups is 3. The van der Waals surface area contributed by atoms with E-state index in [0.29, 0.717) is 41.3 Å². The van der Waals surface area contributed by atoms with E-state index >= 15 is 0 Å². The number of hydrogen-bond donors (Lipinski definition) is 2. The van der Waals surface area contributed by atoms with E-state index < -0.39 is 9.84 Å². The predicted molar refractivity (Wildman–Crippen MR) is 157 cm³/mol. The maximum atomic E-state index is 12.5. The number of rotatable bonds is 10. The molecule has 0 radical (unpaired) electrons. The van der Waals surface area contributed by atoms with Gasteiger partial charge in [0.25, 0.3) is 5.91 Å². The van der Waals surface area contributed by atoms with Crippen LogP contribution in [0.4, 0.5) is 0 Å². The van der Waals surface area contributed by atoms with E-state index in [4.69, 9.17) is 9.47 Å². The van der Waals surface area contributed by atoms with Gasteiger partial charge in [0.05, 0.1) is 42.2 Å². The first kappa shape index (κ1) is 29.7. The Balaban J connectivity index is 1.41. The number of hydrogen-bond acceptors (Lipinski definition) is 9. The van der Waals surface area contributed by atoms with E-state index in [1.165, 1.54) is 18.5 Å². The number of sulfone groups is 1. The Hall–Kier alpha value is -4.78. The highest BCUT2D eigenvalue weighted by Gasteiger charge is 2.31. The zero-order chi connectivity index (χ0) is 30.7. The van der Waals surface area contributed by atoms with E-state index in [-0.39, 0.29) is 48.4 Å². The van der Waals surface area contributed by atoms with Crippen molar-refractivity contribution in [3.8, 4) is 22.9 Å². The molecule has 3 aromatic heterocycles. The topological polar surface area (TPSA) is 161 Å². The molecule has 0 spiro atoms. The average Bonchev–Trinajstić information content (AvgIpc) is 3.54. The molecule has 4 heterocycles. The van der Waals surface area contributed by atoms with Crippen LogP contribution in [-0.4, -0.2) is 72.5 Å². The fourth-order valence-electron chi connectivity index (χ4n) is 4.91. The molecule has 1 aliphatic rings. The van der Waals surface area contributed by atoms with Crippen molar-refractivity contribution in [1.82, 2.24) is 25.2 Å². The molecule has 0 saturated carbocycles. The fraction of sp³-hybridized carbons (Fsp3) is 0.300. The van der Waals surface area contributed by atoms with Gasteiger partial charge in [-0.1, -0.05) is 0 Å². The summed E-state index contributed by atoms with van der Waals surface area (Å²) in [4.78, 5) is 49.8. The van der Waals surface area contributed by atoms with E-state index in [2.05, 4.69) is 20.3 Å². The minimum atomic E-state index is -3.46. The number of aromatic nitrogens is 3. The molecular weight excluding hydrogens is 574 g/mol. The molecule has 12 nitrogen and oxygen atoms in total. The standard InChI is InChI=1S/C30H31N5O7S/c1-4-41-29(37)11-12-31-30(38)18-5-7-22(32-16-18)24-13-19-14-26(42-20-6-9-27(33-17-20)43(3,39)40)21(15-23(19)34-24)25-8-10-28(36)35(25)2/h5-7,9,13-17,25,34H,4,8,10-12H2,1-3H3,(H,31,38). The quantitative estimate of drug-likeness (QED) is 0.256. The summed E-state index contributed by atoms with van der Waals surface area (Å²) in [5, 5.41) is 3.45. The first-order chi connectivity index (χ1) is 20.5. The smallest absolute Gasteiger partial charge is 0.307 e. The van der Waals surface area contributed by atoms with Gasteiger partial charge in [0, 0.05) is 48.9 Å². The van der Waals surface area contributed by atoms with E-state index in [1.807, 2.05) is 18.2 Å². The van der Waals surface area contributed by atoms with Crippen LogP contribution in [0.5, 0.6) is 11.5 Å². The first-order valence-corrected chi connectivity index (χ1v) is 15.6. The van der Waals surface area contributed by atoms with Crippen molar-refractivity contribution in [2.75, 3.05) is 26.5 Å². The lowest BCUT2D eigenvalue weighted by Gasteiger charge is -2.23. The fourth-order valence-corrected chi connectivity index (χ4v) is 5.47. The molecular formula is C30H31N5O7S. The highest BCUT2D eigenvalue weighted by atomic mass is 32.2. The molecule has 13 heteroatoms. The van der Waals surface area contributed by atoms with Gasteiger partial charge in [-0.3, -0.25) is 19.4 Å². The maximum absolute atomic E-state index is 12.5. The minimum Gasteiger partial charge on any atom is -0.466 e. The molecule has 1 fully saturated rings. The number of carbonyl (C=O) groups excluding carboxylic acids is 3. The number of amides is 2. The van der Waals surface area contributed by atoms with Crippen molar-refractivity contribution in [1.29, 1.82) is 0 Å². The highest BCUT2D eigenvalue weighted by Crippen LogP contribution is 2.41. The zero-order valence-corrected chi connectivity index (χ0v) is 24.7. The Morgan fingerprint density at radius 3 is 2.56 bits per heavy atom. The molecule has 0 aliphatic carbocycles. The second-order valence-electron chi connectivity index (χ2n) is 10.2. The molecule has 1 aliphatic heterocycles. The van der Waals surface area contributed by atoms with Crippen LogP contribution in [0.2, 0.25) is 0 Å². The van der Waals surface area contributed by atoms with Crippen LogP contribution in [0.25, 0.3) is 22.3 Å². The minimum absolute atomic E-state index is 0.0385. The monoisotopic (exact) mass is 605 g/mol. The van der Waals surface area contributed by atoms with Gasteiger partial charge in [0.1, 0.15) is 11.5 Å².